The molecule has 0 radical (unpaired) electrons. The number of aromatic nitrogens is 4. The van der Waals surface area contributed by atoms with Gasteiger partial charge >= 0.3 is 0 Å². The van der Waals surface area contributed by atoms with Crippen LogP contribution < -0.4 is 0 Å². The van der Waals surface area contributed by atoms with E-state index in [1.807, 2.05) is 48.7 Å². The number of nitrogens with zero attached hydrogens (tertiary/aromatic N) is 4. The molecule has 0 fully saturated rings. The van der Waals surface area contributed by atoms with E-state index in [2.05, 4.69) is 29.0 Å². The Morgan fingerprint density at radius 3 is 2.61 bits per heavy atom. The zero-order chi connectivity index (χ0) is 22.0. The van der Waals surface area contributed by atoms with Gasteiger partial charge in [-0.15, -0.1) is 10.2 Å². The van der Waals surface area contributed by atoms with E-state index in [0.29, 0.717) is 17.5 Å². The fourth-order valence-corrected chi connectivity index (χ4v) is 4.34. The van der Waals surface area contributed by atoms with Gasteiger partial charge in [-0.2, -0.15) is 0 Å². The van der Waals surface area contributed by atoms with Crippen LogP contribution in [-0.2, 0) is 6.54 Å². The zero-order valence-corrected chi connectivity index (χ0v) is 18.9. The van der Waals surface area contributed by atoms with Gasteiger partial charge in [0.15, 0.2) is 16.8 Å². The Kier molecular flexibility index (Phi) is 6.04. The lowest BCUT2D eigenvalue weighted by atomic mass is 9.93. The van der Waals surface area contributed by atoms with Crippen LogP contribution in [0, 0.1) is 27.7 Å². The molecule has 4 rings (SSSR count). The summed E-state index contributed by atoms with van der Waals surface area (Å²) in [5, 5.41) is 9.41. The normalized spacial score (nSPS) is 11.1. The highest BCUT2D eigenvalue weighted by Crippen LogP contribution is 2.27. The molecule has 3 heterocycles. The van der Waals surface area contributed by atoms with Crippen LogP contribution in [0.4, 0.5) is 0 Å². The summed E-state index contributed by atoms with van der Waals surface area (Å²) in [6.07, 6.45) is 5.12. The number of pyridine rings is 1. The van der Waals surface area contributed by atoms with Gasteiger partial charge in [-0.3, -0.25) is 14.3 Å². The maximum Gasteiger partial charge on any atom is 0.192 e. The third-order valence-corrected chi connectivity index (χ3v) is 6.61. The summed E-state index contributed by atoms with van der Waals surface area (Å²) in [6, 6.07) is 9.56. The lowest BCUT2D eigenvalue weighted by Crippen LogP contribution is -2.09. The highest BCUT2D eigenvalue weighted by Gasteiger charge is 2.19. The summed E-state index contributed by atoms with van der Waals surface area (Å²) in [5.74, 6) is 1.85. The van der Waals surface area contributed by atoms with Crippen LogP contribution in [0.15, 0.2) is 58.6 Å². The zero-order valence-electron chi connectivity index (χ0n) is 18.0. The number of carbonyl (C=O) groups excluding carboxylic acids is 1. The van der Waals surface area contributed by atoms with E-state index in [1.54, 1.807) is 18.7 Å². The number of hydrogen-bond donors (Lipinski definition) is 0. The third kappa shape index (κ3) is 4.32. The van der Waals surface area contributed by atoms with Crippen LogP contribution in [0.1, 0.15) is 38.4 Å². The molecule has 158 valence electrons. The standard InChI is InChI=1S/C24H24N4O2S/c1-15-11-21(18(4)17(3)16(15)2)22(29)14-31-24-27-26-23(19-7-5-9-25-12-19)28(24)13-20-8-6-10-30-20/h5-12H,13-14H2,1-4H3. The molecule has 0 saturated carbocycles. The number of Topliss-reactive ketones (excluding diaryl/α,β-unsaturated/α-hetero) is 1. The van der Waals surface area contributed by atoms with Crippen molar-refractivity contribution in [2.75, 3.05) is 5.75 Å². The molecule has 0 bridgehead atoms. The van der Waals surface area contributed by atoms with Gasteiger partial charge in [-0.1, -0.05) is 11.8 Å². The van der Waals surface area contributed by atoms with E-state index in [4.69, 9.17) is 4.42 Å². The highest BCUT2D eigenvalue weighted by molar-refractivity contribution is 7.99. The molecule has 0 saturated heterocycles. The van der Waals surface area contributed by atoms with Crippen LogP contribution in [0.5, 0.6) is 0 Å². The monoisotopic (exact) mass is 432 g/mol. The van der Waals surface area contributed by atoms with E-state index >= 15 is 0 Å². The number of furan rings is 1. The number of carbonyl (C=O) groups is 1. The summed E-state index contributed by atoms with van der Waals surface area (Å²) in [4.78, 5) is 17.2. The molecule has 1 aromatic carbocycles. The molecule has 0 amide bonds. The predicted octanol–water partition coefficient (Wildman–Crippen LogP) is 5.19. The second kappa shape index (κ2) is 8.89. The van der Waals surface area contributed by atoms with Crippen LogP contribution in [-0.4, -0.2) is 31.3 Å². The summed E-state index contributed by atoms with van der Waals surface area (Å²) in [5.41, 5.74) is 6.23. The van der Waals surface area contributed by atoms with E-state index in [1.165, 1.54) is 22.9 Å². The van der Waals surface area contributed by atoms with Gasteiger partial charge in [-0.25, -0.2) is 0 Å². The predicted molar refractivity (Wildman–Crippen MR) is 122 cm³/mol. The first kappa shape index (κ1) is 21.1. The Labute approximate surface area is 185 Å². The minimum atomic E-state index is 0.0872. The molecule has 31 heavy (non-hydrogen) atoms. The Balaban J connectivity index is 1.62. The highest BCUT2D eigenvalue weighted by atomic mass is 32.2. The molecular weight excluding hydrogens is 408 g/mol. The van der Waals surface area contributed by atoms with Crippen molar-refractivity contribution in [1.29, 1.82) is 0 Å². The lowest BCUT2D eigenvalue weighted by molar-refractivity contribution is 0.102. The van der Waals surface area contributed by atoms with Crippen LogP contribution >= 0.6 is 11.8 Å². The van der Waals surface area contributed by atoms with Crippen molar-refractivity contribution in [3.63, 3.8) is 0 Å². The molecule has 0 N–H and O–H groups in total. The maximum atomic E-state index is 13.1. The molecule has 4 aromatic rings. The van der Waals surface area contributed by atoms with Crippen molar-refractivity contribution in [2.24, 2.45) is 0 Å². The number of benzene rings is 1. The van der Waals surface area contributed by atoms with E-state index in [0.717, 1.165) is 28.0 Å². The molecule has 0 spiro atoms. The van der Waals surface area contributed by atoms with Gasteiger partial charge in [0.05, 0.1) is 18.6 Å². The Morgan fingerprint density at radius 1 is 1.06 bits per heavy atom. The average Bonchev–Trinajstić information content (AvgIpc) is 3.44. The molecule has 0 aliphatic rings. The molecule has 0 aliphatic heterocycles. The lowest BCUT2D eigenvalue weighted by Gasteiger charge is -2.13. The summed E-state index contributed by atoms with van der Waals surface area (Å²) in [7, 11) is 0. The third-order valence-electron chi connectivity index (χ3n) is 5.64. The summed E-state index contributed by atoms with van der Waals surface area (Å²) >= 11 is 1.39. The first-order valence-electron chi connectivity index (χ1n) is 10.0. The second-order valence-electron chi connectivity index (χ2n) is 7.54. The van der Waals surface area contributed by atoms with Gasteiger partial charge < -0.3 is 4.42 Å². The van der Waals surface area contributed by atoms with Crippen LogP contribution in [0.2, 0.25) is 0 Å². The SMILES string of the molecule is Cc1cc(C(=O)CSc2nnc(-c3cccnc3)n2Cc2ccco2)c(C)c(C)c1C. The largest absolute Gasteiger partial charge is 0.467 e. The van der Waals surface area contributed by atoms with Crippen molar-refractivity contribution in [2.45, 2.75) is 39.4 Å². The first-order chi connectivity index (χ1) is 15.0. The number of rotatable bonds is 7. The average molecular weight is 433 g/mol. The molecule has 3 aromatic heterocycles. The Morgan fingerprint density at radius 2 is 1.90 bits per heavy atom. The number of thioether (sulfide) groups is 1. The van der Waals surface area contributed by atoms with Gasteiger partial charge in [0, 0.05) is 23.5 Å². The first-order valence-corrected chi connectivity index (χ1v) is 11.0. The molecular formula is C24H24N4O2S. The number of hydrogen-bond acceptors (Lipinski definition) is 6. The maximum absolute atomic E-state index is 13.1. The minimum absolute atomic E-state index is 0.0872. The van der Waals surface area contributed by atoms with Crippen LogP contribution in [0.25, 0.3) is 11.4 Å². The van der Waals surface area contributed by atoms with Crippen molar-refractivity contribution in [1.82, 2.24) is 19.7 Å². The summed E-state index contributed by atoms with van der Waals surface area (Å²) < 4.78 is 7.50. The smallest absolute Gasteiger partial charge is 0.192 e. The van der Waals surface area contributed by atoms with Gasteiger partial charge in [0.2, 0.25) is 0 Å². The topological polar surface area (TPSA) is 73.8 Å². The van der Waals surface area contributed by atoms with E-state index < -0.39 is 0 Å². The minimum Gasteiger partial charge on any atom is -0.467 e. The second-order valence-corrected chi connectivity index (χ2v) is 8.48. The molecule has 6 nitrogen and oxygen atoms in total. The Bertz CT molecular complexity index is 1210. The van der Waals surface area contributed by atoms with Gasteiger partial charge in [-0.05, 0) is 80.3 Å². The molecule has 7 heteroatoms. The molecule has 0 atom stereocenters. The van der Waals surface area contributed by atoms with Crippen molar-refractivity contribution in [3.8, 4) is 11.4 Å². The number of aryl methyl sites for hydroxylation is 1. The molecule has 0 aliphatic carbocycles. The fraction of sp³-hybridized carbons (Fsp3) is 0.250. The van der Waals surface area contributed by atoms with E-state index in [-0.39, 0.29) is 11.5 Å². The fourth-order valence-electron chi connectivity index (χ4n) is 3.51. The van der Waals surface area contributed by atoms with E-state index in [9.17, 15) is 4.79 Å². The Hall–Kier alpha value is -3.19. The van der Waals surface area contributed by atoms with Crippen molar-refractivity contribution >= 4 is 17.5 Å². The molecule has 0 unspecified atom stereocenters. The van der Waals surface area contributed by atoms with Gasteiger partial charge in [0.25, 0.3) is 0 Å². The quantitative estimate of drug-likeness (QED) is 0.296. The van der Waals surface area contributed by atoms with Crippen molar-refractivity contribution in [3.05, 3.63) is 82.6 Å². The van der Waals surface area contributed by atoms with Crippen molar-refractivity contribution < 1.29 is 9.21 Å². The summed E-state index contributed by atoms with van der Waals surface area (Å²) in [6.45, 7) is 8.70. The number of ketones is 1. The van der Waals surface area contributed by atoms with Crippen LogP contribution in [0.3, 0.4) is 0 Å². The van der Waals surface area contributed by atoms with Gasteiger partial charge in [0.1, 0.15) is 5.76 Å².